The SMILES string of the molecule is Cl.O=C(CN1C(=O)CCC1=O)N1CCNCC1. The molecule has 3 amide bonds. The summed E-state index contributed by atoms with van der Waals surface area (Å²) in [5.74, 6) is -0.591. The second-order valence-electron chi connectivity index (χ2n) is 4.00. The van der Waals surface area contributed by atoms with Crippen LogP contribution in [0.15, 0.2) is 0 Å². The Balaban J connectivity index is 0.00000144. The van der Waals surface area contributed by atoms with Crippen molar-refractivity contribution in [2.24, 2.45) is 0 Å². The van der Waals surface area contributed by atoms with E-state index in [1.54, 1.807) is 4.90 Å². The van der Waals surface area contributed by atoms with Crippen LogP contribution in [0.2, 0.25) is 0 Å². The number of amides is 3. The van der Waals surface area contributed by atoms with Crippen LogP contribution >= 0.6 is 12.4 Å². The van der Waals surface area contributed by atoms with Crippen molar-refractivity contribution in [2.75, 3.05) is 32.7 Å². The molecular weight excluding hydrogens is 246 g/mol. The summed E-state index contributed by atoms with van der Waals surface area (Å²) in [4.78, 5) is 37.2. The van der Waals surface area contributed by atoms with E-state index in [1.165, 1.54) is 0 Å². The highest BCUT2D eigenvalue weighted by atomic mass is 35.5. The lowest BCUT2D eigenvalue weighted by Crippen LogP contribution is -2.50. The van der Waals surface area contributed by atoms with E-state index in [-0.39, 0.29) is 49.5 Å². The zero-order valence-corrected chi connectivity index (χ0v) is 10.3. The third-order valence-corrected chi connectivity index (χ3v) is 2.92. The van der Waals surface area contributed by atoms with Crippen molar-refractivity contribution in [3.05, 3.63) is 0 Å². The molecule has 7 heteroatoms. The zero-order chi connectivity index (χ0) is 11.5. The lowest BCUT2D eigenvalue weighted by molar-refractivity contribution is -0.145. The average molecular weight is 262 g/mol. The van der Waals surface area contributed by atoms with Crippen molar-refractivity contribution in [3.8, 4) is 0 Å². The highest BCUT2D eigenvalue weighted by Crippen LogP contribution is 2.11. The normalized spacial score (nSPS) is 20.5. The van der Waals surface area contributed by atoms with Gasteiger partial charge >= 0.3 is 0 Å². The molecule has 0 aliphatic carbocycles. The molecule has 0 bridgehead atoms. The van der Waals surface area contributed by atoms with Crippen molar-refractivity contribution in [1.82, 2.24) is 15.1 Å². The van der Waals surface area contributed by atoms with Gasteiger partial charge < -0.3 is 10.2 Å². The van der Waals surface area contributed by atoms with E-state index in [0.717, 1.165) is 18.0 Å². The number of nitrogens with zero attached hydrogens (tertiary/aromatic N) is 2. The fraction of sp³-hybridized carbons (Fsp3) is 0.700. The van der Waals surface area contributed by atoms with Crippen LogP contribution in [0.4, 0.5) is 0 Å². The number of nitrogens with one attached hydrogen (secondary N) is 1. The number of piperazine rings is 1. The third kappa shape index (κ3) is 3.17. The second-order valence-corrected chi connectivity index (χ2v) is 4.00. The van der Waals surface area contributed by atoms with Gasteiger partial charge in [0.05, 0.1) is 0 Å². The summed E-state index contributed by atoms with van der Waals surface area (Å²) in [5.41, 5.74) is 0. The Morgan fingerprint density at radius 3 is 2.18 bits per heavy atom. The van der Waals surface area contributed by atoms with Crippen LogP contribution in [-0.2, 0) is 14.4 Å². The molecular formula is C10H16ClN3O3. The van der Waals surface area contributed by atoms with Crippen molar-refractivity contribution in [2.45, 2.75) is 12.8 Å². The van der Waals surface area contributed by atoms with E-state index in [1.807, 2.05) is 0 Å². The van der Waals surface area contributed by atoms with Crippen LogP contribution in [-0.4, -0.2) is 60.2 Å². The van der Waals surface area contributed by atoms with E-state index in [9.17, 15) is 14.4 Å². The smallest absolute Gasteiger partial charge is 0.242 e. The first-order valence-corrected chi connectivity index (χ1v) is 5.50. The molecule has 0 saturated carbocycles. The Morgan fingerprint density at radius 2 is 1.65 bits per heavy atom. The standard InChI is InChI=1S/C10H15N3O3.ClH/c14-8-1-2-9(15)13(8)7-10(16)12-5-3-11-4-6-12;/h11H,1-7H2;1H. The maximum absolute atomic E-state index is 11.8. The molecule has 0 aromatic carbocycles. The molecule has 2 aliphatic rings. The molecule has 0 atom stereocenters. The van der Waals surface area contributed by atoms with Crippen LogP contribution in [0.25, 0.3) is 0 Å². The summed E-state index contributed by atoms with van der Waals surface area (Å²) in [6.07, 6.45) is 0.487. The van der Waals surface area contributed by atoms with Gasteiger partial charge in [0.25, 0.3) is 0 Å². The average Bonchev–Trinajstić information content (AvgIpc) is 2.62. The van der Waals surface area contributed by atoms with Gasteiger partial charge in [0.1, 0.15) is 6.54 Å². The van der Waals surface area contributed by atoms with Crippen LogP contribution in [0.3, 0.4) is 0 Å². The van der Waals surface area contributed by atoms with Crippen LogP contribution in [0.1, 0.15) is 12.8 Å². The number of likely N-dealkylation sites (tertiary alicyclic amines) is 1. The summed E-state index contributed by atoms with van der Waals surface area (Å²) in [7, 11) is 0. The minimum absolute atomic E-state index is 0. The number of halogens is 1. The fourth-order valence-corrected chi connectivity index (χ4v) is 1.95. The van der Waals surface area contributed by atoms with Gasteiger partial charge in [0.15, 0.2) is 0 Å². The van der Waals surface area contributed by atoms with Gasteiger partial charge in [-0.05, 0) is 0 Å². The summed E-state index contributed by atoms with van der Waals surface area (Å²) >= 11 is 0. The van der Waals surface area contributed by atoms with Crippen LogP contribution in [0.5, 0.6) is 0 Å². The minimum atomic E-state index is -0.228. The number of carbonyl (C=O) groups excluding carboxylic acids is 3. The van der Waals surface area contributed by atoms with E-state index in [4.69, 9.17) is 0 Å². The fourth-order valence-electron chi connectivity index (χ4n) is 1.95. The van der Waals surface area contributed by atoms with Crippen molar-refractivity contribution in [1.29, 1.82) is 0 Å². The largest absolute Gasteiger partial charge is 0.339 e. The first kappa shape index (κ1) is 13.9. The topological polar surface area (TPSA) is 69.7 Å². The first-order chi connectivity index (χ1) is 7.68. The number of hydrogen-bond acceptors (Lipinski definition) is 4. The highest BCUT2D eigenvalue weighted by Gasteiger charge is 2.31. The van der Waals surface area contributed by atoms with E-state index >= 15 is 0 Å². The number of hydrogen-bond donors (Lipinski definition) is 1. The highest BCUT2D eigenvalue weighted by molar-refractivity contribution is 6.04. The number of rotatable bonds is 2. The molecule has 96 valence electrons. The van der Waals surface area contributed by atoms with Crippen molar-refractivity contribution in [3.63, 3.8) is 0 Å². The van der Waals surface area contributed by atoms with Gasteiger partial charge in [0, 0.05) is 39.0 Å². The van der Waals surface area contributed by atoms with E-state index in [2.05, 4.69) is 5.32 Å². The lowest BCUT2D eigenvalue weighted by atomic mass is 10.3. The Kier molecular flexibility index (Phi) is 4.89. The Bertz CT molecular complexity index is 313. The molecule has 2 aliphatic heterocycles. The minimum Gasteiger partial charge on any atom is -0.339 e. The number of carbonyl (C=O) groups is 3. The summed E-state index contributed by atoms with van der Waals surface area (Å²) in [6.45, 7) is 2.75. The second kappa shape index (κ2) is 5.97. The Labute approximate surface area is 106 Å². The maximum atomic E-state index is 11.8. The predicted octanol–water partition coefficient (Wildman–Crippen LogP) is -1.01. The molecule has 2 rings (SSSR count). The molecule has 0 radical (unpaired) electrons. The van der Waals surface area contributed by atoms with Crippen molar-refractivity contribution < 1.29 is 14.4 Å². The Hall–Kier alpha value is -1.14. The number of imide groups is 1. The Morgan fingerprint density at radius 1 is 1.12 bits per heavy atom. The molecule has 0 spiro atoms. The maximum Gasteiger partial charge on any atom is 0.242 e. The third-order valence-electron chi connectivity index (χ3n) is 2.92. The van der Waals surface area contributed by atoms with Gasteiger partial charge in [-0.2, -0.15) is 0 Å². The van der Waals surface area contributed by atoms with E-state index < -0.39 is 0 Å². The van der Waals surface area contributed by atoms with Crippen LogP contribution < -0.4 is 5.32 Å². The van der Waals surface area contributed by atoms with Gasteiger partial charge in [-0.3, -0.25) is 19.3 Å². The van der Waals surface area contributed by atoms with Gasteiger partial charge in [0.2, 0.25) is 17.7 Å². The molecule has 1 N–H and O–H groups in total. The molecule has 0 aromatic rings. The monoisotopic (exact) mass is 261 g/mol. The first-order valence-electron chi connectivity index (χ1n) is 5.50. The molecule has 2 saturated heterocycles. The predicted molar refractivity (Wildman–Crippen MR) is 62.7 cm³/mol. The molecule has 0 unspecified atom stereocenters. The van der Waals surface area contributed by atoms with Crippen molar-refractivity contribution >= 4 is 30.1 Å². The summed E-state index contributed by atoms with van der Waals surface area (Å²) in [5, 5.41) is 3.14. The van der Waals surface area contributed by atoms with Gasteiger partial charge in [-0.1, -0.05) is 0 Å². The molecule has 0 aromatic heterocycles. The van der Waals surface area contributed by atoms with Gasteiger partial charge in [-0.25, -0.2) is 0 Å². The lowest BCUT2D eigenvalue weighted by Gasteiger charge is -2.28. The zero-order valence-electron chi connectivity index (χ0n) is 9.48. The molecule has 2 fully saturated rings. The molecule has 17 heavy (non-hydrogen) atoms. The summed E-state index contributed by atoms with van der Waals surface area (Å²) in [6, 6.07) is 0. The van der Waals surface area contributed by atoms with E-state index in [0.29, 0.717) is 13.1 Å². The summed E-state index contributed by atoms with van der Waals surface area (Å²) < 4.78 is 0. The quantitative estimate of drug-likeness (QED) is 0.647. The van der Waals surface area contributed by atoms with Crippen LogP contribution in [0, 0.1) is 0 Å². The molecule has 2 heterocycles. The van der Waals surface area contributed by atoms with Gasteiger partial charge in [-0.15, -0.1) is 12.4 Å². The molecule has 6 nitrogen and oxygen atoms in total.